The van der Waals surface area contributed by atoms with Crippen LogP contribution >= 0.6 is 0 Å². The number of anilines is 2. The van der Waals surface area contributed by atoms with Crippen LogP contribution in [0.25, 0.3) is 11.0 Å². The summed E-state index contributed by atoms with van der Waals surface area (Å²) in [6.07, 6.45) is 1.07. The minimum absolute atomic E-state index is 0.0581. The number of likely N-dealkylation sites (tertiary alicyclic amines) is 1. The molecule has 1 aliphatic rings. The van der Waals surface area contributed by atoms with Gasteiger partial charge in [0.15, 0.2) is 0 Å². The number of benzene rings is 3. The third kappa shape index (κ3) is 11.5. The predicted octanol–water partition coefficient (Wildman–Crippen LogP) is 4.26. The van der Waals surface area contributed by atoms with Gasteiger partial charge in [0, 0.05) is 74.6 Å². The third-order valence-electron chi connectivity index (χ3n) is 6.78. The normalized spacial score (nSPS) is 12.3. The number of carbonyl (C=O) groups excluding carboxylic acids is 3. The molecule has 10 nitrogen and oxygen atoms in total. The topological polar surface area (TPSA) is 118 Å². The van der Waals surface area contributed by atoms with Gasteiger partial charge in [-0.25, -0.2) is 32.5 Å². The molecule has 1 aliphatic heterocycles. The molecule has 5 rings (SSSR count). The molecular weight excluding hydrogens is 618 g/mol. The summed E-state index contributed by atoms with van der Waals surface area (Å²) >= 11 is 0. The minimum Gasteiger partial charge on any atom is -0.450 e. The maximum Gasteiger partial charge on any atom is 0.409 e. The van der Waals surface area contributed by atoms with Gasteiger partial charge in [0.1, 0.15) is 17.5 Å². The Morgan fingerprint density at radius 2 is 1.48 bits per heavy atom. The lowest BCUT2D eigenvalue weighted by atomic mass is 8.81. The lowest BCUT2D eigenvalue weighted by molar-refractivity contribution is 0.0932. The number of fused-ring (bicyclic) bond motifs is 1. The van der Waals surface area contributed by atoms with Gasteiger partial charge in [0.05, 0.1) is 23.3 Å². The highest BCUT2D eigenvalue weighted by Crippen LogP contribution is 2.32. The van der Waals surface area contributed by atoms with Crippen molar-refractivity contribution in [1.29, 1.82) is 0 Å². The van der Waals surface area contributed by atoms with Gasteiger partial charge < -0.3 is 19.5 Å². The third-order valence-corrected chi connectivity index (χ3v) is 6.78. The number of carbonyl (C=O) groups is 2. The smallest absolute Gasteiger partial charge is 0.409 e. The maximum atomic E-state index is 13.8. The highest BCUT2D eigenvalue weighted by Gasteiger charge is 2.28. The number of piperidine rings is 1. The summed E-state index contributed by atoms with van der Waals surface area (Å²) in [5.41, 5.74) is 1.92. The highest BCUT2D eigenvalue weighted by atomic mass is 19.1. The Balaban J connectivity index is 0.000000321. The number of aliphatic imine (C=N–C) groups is 1. The summed E-state index contributed by atoms with van der Waals surface area (Å²) < 4.78 is 46.0. The molecule has 3 aromatic carbocycles. The Kier molecular flexibility index (Phi) is 14.6. The Labute approximate surface area is 282 Å². The number of nitrogens with one attached hydrogen (secondary N) is 2. The van der Waals surface area contributed by atoms with E-state index >= 15 is 0 Å². The molecule has 3 amide bonds. The standard InChI is InChI=1S/C22H23F2N5O3.C7H4FNO.B6/c1-2-32-22(31)28-11-9-17(10-12-28)29-19-8-5-15(24)13-18(19)26-20(29)27-21(30)25-16-6-3-14(23)4-7-16;8-6-1-3-7(4-2-6)9-5-10;1-5(2)6(3)4/h3-8,13,17H,2,9-12H2,1H3,(H2,25,26,27,30);1-4H;. The van der Waals surface area contributed by atoms with Crippen LogP contribution in [0.15, 0.2) is 71.7 Å². The fourth-order valence-corrected chi connectivity index (χ4v) is 4.42. The number of hydrogen-bond donors (Lipinski definition) is 2. The quantitative estimate of drug-likeness (QED) is 0.185. The van der Waals surface area contributed by atoms with Crippen molar-refractivity contribution in [2.75, 3.05) is 30.3 Å². The molecule has 1 saturated heterocycles. The van der Waals surface area contributed by atoms with Crippen molar-refractivity contribution in [3.8, 4) is 0 Å². The fraction of sp³-hybridized carbons (Fsp3) is 0.241. The Morgan fingerprint density at radius 1 is 0.917 bits per heavy atom. The first kappa shape index (κ1) is 37.7. The van der Waals surface area contributed by atoms with Crippen molar-refractivity contribution in [3.63, 3.8) is 0 Å². The van der Waals surface area contributed by atoms with Crippen LogP contribution in [0, 0.1) is 17.5 Å². The zero-order valence-electron chi connectivity index (χ0n) is 26.0. The van der Waals surface area contributed by atoms with E-state index < -0.39 is 30.4 Å². The first-order chi connectivity index (χ1) is 22.9. The largest absolute Gasteiger partial charge is 0.450 e. The number of urea groups is 1. The Hall–Kier alpha value is -4.77. The van der Waals surface area contributed by atoms with Crippen molar-refractivity contribution in [1.82, 2.24) is 14.5 Å². The second-order valence-electron chi connectivity index (χ2n) is 10.3. The summed E-state index contributed by atoms with van der Waals surface area (Å²) in [5, 5.41) is 5.34. The van der Waals surface area contributed by atoms with Gasteiger partial charge in [-0.1, -0.05) is 0 Å². The average molecular weight is 645 g/mol. The van der Waals surface area contributed by atoms with Gasteiger partial charge in [-0.2, -0.15) is 4.99 Å². The number of isocyanates is 1. The van der Waals surface area contributed by atoms with Crippen LogP contribution in [0.2, 0.25) is 0 Å². The molecule has 236 valence electrons. The number of imidazole rings is 1. The van der Waals surface area contributed by atoms with E-state index in [2.05, 4.69) is 20.6 Å². The van der Waals surface area contributed by atoms with Crippen molar-refractivity contribution in [3.05, 3.63) is 84.2 Å². The molecule has 0 spiro atoms. The van der Waals surface area contributed by atoms with E-state index in [-0.39, 0.29) is 23.9 Å². The van der Waals surface area contributed by atoms with E-state index in [1.54, 1.807) is 17.9 Å². The van der Waals surface area contributed by atoms with E-state index in [0.717, 1.165) is 0 Å². The summed E-state index contributed by atoms with van der Waals surface area (Å²) in [7, 11) is 19.9. The summed E-state index contributed by atoms with van der Waals surface area (Å²) in [5.74, 6) is -0.917. The van der Waals surface area contributed by atoms with Crippen LogP contribution in [0.1, 0.15) is 25.8 Å². The van der Waals surface area contributed by atoms with Gasteiger partial charge in [0.25, 0.3) is 0 Å². The molecular formula is C29H27B6F3N6O4. The van der Waals surface area contributed by atoms with Crippen LogP contribution in [0.4, 0.5) is 40.1 Å². The molecule has 0 aliphatic carbocycles. The highest BCUT2D eigenvalue weighted by molar-refractivity contribution is 7.76. The summed E-state index contributed by atoms with van der Waals surface area (Å²) in [6, 6.07) is 14.3. The van der Waals surface area contributed by atoms with E-state index in [0.29, 0.717) is 54.9 Å². The van der Waals surface area contributed by atoms with Gasteiger partial charge >= 0.3 is 12.1 Å². The van der Waals surface area contributed by atoms with Crippen LogP contribution < -0.4 is 10.6 Å². The van der Waals surface area contributed by atoms with Crippen molar-refractivity contribution in [2.45, 2.75) is 25.8 Å². The number of rotatable bonds is 6. The first-order valence-corrected chi connectivity index (χ1v) is 14.7. The van der Waals surface area contributed by atoms with Crippen LogP contribution in [-0.2, 0) is 9.53 Å². The Morgan fingerprint density at radius 3 is 2.02 bits per heavy atom. The molecule has 1 aromatic heterocycles. The molecule has 4 aromatic rings. The van der Waals surface area contributed by atoms with Crippen LogP contribution in [0.5, 0.6) is 0 Å². The number of ether oxygens (including phenoxy) is 1. The summed E-state index contributed by atoms with van der Waals surface area (Å²) in [4.78, 5) is 43.6. The van der Waals surface area contributed by atoms with Crippen LogP contribution in [-0.4, -0.2) is 96.1 Å². The molecule has 0 atom stereocenters. The Bertz CT molecular complexity index is 1700. The molecule has 0 bridgehead atoms. The molecule has 48 heavy (non-hydrogen) atoms. The second-order valence-corrected chi connectivity index (χ2v) is 10.3. The van der Waals surface area contributed by atoms with Crippen molar-refractivity contribution in [2.24, 2.45) is 4.99 Å². The zero-order chi connectivity index (χ0) is 35.2. The molecule has 2 N–H and O–H groups in total. The van der Waals surface area contributed by atoms with Crippen molar-refractivity contribution < 1.29 is 32.3 Å². The lowest BCUT2D eigenvalue weighted by Gasteiger charge is -2.32. The molecule has 8 radical (unpaired) electrons. The zero-order valence-corrected chi connectivity index (χ0v) is 26.0. The fourth-order valence-electron chi connectivity index (χ4n) is 4.42. The van der Waals surface area contributed by atoms with Crippen molar-refractivity contribution >= 4 is 90.3 Å². The SMILES string of the molecule is CCOC(=O)N1CCC(n2c(NC(=O)Nc3ccc(F)cc3)nc3cc(F)ccc32)CC1.O=C=Nc1ccc(F)cc1.[B]B([B])B([B])[B]. The van der Waals surface area contributed by atoms with E-state index in [1.807, 2.05) is 4.57 Å². The number of nitrogens with zero attached hydrogens (tertiary/aromatic N) is 4. The predicted molar refractivity (Wildman–Crippen MR) is 184 cm³/mol. The monoisotopic (exact) mass is 646 g/mol. The molecule has 19 heteroatoms. The second kappa shape index (κ2) is 18.5. The van der Waals surface area contributed by atoms with E-state index in [9.17, 15) is 27.6 Å². The van der Waals surface area contributed by atoms with Gasteiger partial charge in [-0.3, -0.25) is 5.32 Å². The average Bonchev–Trinajstić information content (AvgIpc) is 3.40. The van der Waals surface area contributed by atoms with E-state index in [4.69, 9.17) is 35.7 Å². The van der Waals surface area contributed by atoms with Gasteiger partial charge in [0.2, 0.25) is 12.0 Å². The first-order valence-electron chi connectivity index (χ1n) is 14.7. The molecule has 0 unspecified atom stereocenters. The molecule has 1 fully saturated rings. The minimum atomic E-state index is -0.593. The molecule has 0 saturated carbocycles. The lowest BCUT2D eigenvalue weighted by Crippen LogP contribution is -2.39. The summed E-state index contributed by atoms with van der Waals surface area (Å²) in [6.45, 7) is 3.06. The molecule has 2 heterocycles. The van der Waals surface area contributed by atoms with Crippen LogP contribution in [0.3, 0.4) is 0 Å². The number of halogens is 3. The van der Waals surface area contributed by atoms with E-state index in [1.165, 1.54) is 66.7 Å². The van der Waals surface area contributed by atoms with Gasteiger partial charge in [-0.15, -0.1) is 0 Å². The van der Waals surface area contributed by atoms with Gasteiger partial charge in [-0.05, 0) is 80.4 Å². The maximum absolute atomic E-state index is 13.8. The number of aromatic nitrogens is 2. The number of amides is 3. The number of hydrogen-bond acceptors (Lipinski definition) is 6.